The molecule has 1 heterocycles. The van der Waals surface area contributed by atoms with E-state index in [4.69, 9.17) is 4.74 Å². The molecule has 2 aromatic rings. The zero-order valence-electron chi connectivity index (χ0n) is 17.7. The van der Waals surface area contributed by atoms with Crippen molar-refractivity contribution in [2.24, 2.45) is 0 Å². The van der Waals surface area contributed by atoms with Crippen molar-refractivity contribution in [2.45, 2.75) is 43.5 Å². The third kappa shape index (κ3) is 4.58. The fraction of sp³-hybridized carbons (Fsp3) is 0.348. The Hall–Kier alpha value is -3.04. The fourth-order valence-electron chi connectivity index (χ4n) is 3.53. The molecule has 1 N–H and O–H groups in total. The van der Waals surface area contributed by atoms with Crippen LogP contribution in [0.2, 0.25) is 0 Å². The van der Waals surface area contributed by atoms with Crippen LogP contribution in [0.3, 0.4) is 0 Å². The van der Waals surface area contributed by atoms with E-state index in [2.05, 4.69) is 4.72 Å². The molecular weight excluding hydrogens is 432 g/mol. The highest BCUT2D eigenvalue weighted by molar-refractivity contribution is 7.89. The van der Waals surface area contributed by atoms with E-state index >= 15 is 0 Å². The fourth-order valence-corrected chi connectivity index (χ4v) is 4.86. The lowest BCUT2D eigenvalue weighted by Crippen LogP contribution is -2.30. The summed E-state index contributed by atoms with van der Waals surface area (Å²) >= 11 is 0. The van der Waals surface area contributed by atoms with Crippen molar-refractivity contribution in [3.63, 3.8) is 0 Å². The Morgan fingerprint density at radius 3 is 2.34 bits per heavy atom. The van der Waals surface area contributed by atoms with Crippen LogP contribution in [-0.4, -0.2) is 50.3 Å². The molecule has 2 aliphatic rings. The smallest absolute Gasteiger partial charge is 0.338 e. The Kier molecular flexibility index (Phi) is 6.12. The summed E-state index contributed by atoms with van der Waals surface area (Å²) in [6.45, 7) is 2.05. The number of carbonyl (C=O) groups excluding carboxylic acids is 3. The number of hydrogen-bond acceptors (Lipinski definition) is 6. The van der Waals surface area contributed by atoms with Crippen LogP contribution in [0.1, 0.15) is 62.3 Å². The summed E-state index contributed by atoms with van der Waals surface area (Å²) in [5.74, 6) is -1.22. The Labute approximate surface area is 186 Å². The van der Waals surface area contributed by atoms with Gasteiger partial charge in [0.2, 0.25) is 10.0 Å². The third-order valence-electron chi connectivity index (χ3n) is 5.53. The van der Waals surface area contributed by atoms with Gasteiger partial charge in [0.25, 0.3) is 11.8 Å². The maximum atomic E-state index is 12.5. The van der Waals surface area contributed by atoms with Crippen LogP contribution in [0.25, 0.3) is 0 Å². The van der Waals surface area contributed by atoms with Gasteiger partial charge in [0.1, 0.15) is 0 Å². The van der Waals surface area contributed by atoms with E-state index in [1.165, 1.54) is 17.0 Å². The number of imide groups is 1. The summed E-state index contributed by atoms with van der Waals surface area (Å²) in [6.07, 6.45) is 2.58. The molecule has 4 rings (SSSR count). The summed E-state index contributed by atoms with van der Waals surface area (Å²) in [4.78, 5) is 38.4. The molecule has 0 spiro atoms. The number of rotatable bonds is 9. The van der Waals surface area contributed by atoms with Gasteiger partial charge in [-0.25, -0.2) is 17.9 Å². The second kappa shape index (κ2) is 8.84. The lowest BCUT2D eigenvalue weighted by molar-refractivity contribution is 0.0484. The summed E-state index contributed by atoms with van der Waals surface area (Å²) in [6, 6.07) is 11.1. The molecule has 9 heteroatoms. The molecule has 1 aliphatic heterocycles. The van der Waals surface area contributed by atoms with E-state index in [9.17, 15) is 22.8 Å². The van der Waals surface area contributed by atoms with Crippen LogP contribution in [0, 0.1) is 6.92 Å². The molecule has 0 aromatic heterocycles. The second-order valence-electron chi connectivity index (χ2n) is 8.02. The Morgan fingerprint density at radius 1 is 1.06 bits per heavy atom. The van der Waals surface area contributed by atoms with E-state index in [-0.39, 0.29) is 41.5 Å². The number of sulfonamides is 1. The molecule has 2 amide bonds. The number of carbonyl (C=O) groups is 3. The first kappa shape index (κ1) is 22.2. The molecule has 0 saturated heterocycles. The first-order chi connectivity index (χ1) is 15.3. The van der Waals surface area contributed by atoms with Crippen LogP contribution < -0.4 is 4.72 Å². The lowest BCUT2D eigenvalue weighted by atomic mass is 10.1. The minimum absolute atomic E-state index is 0.0288. The second-order valence-corrected chi connectivity index (χ2v) is 9.74. The number of fused-ring (bicyclic) bond motifs is 1. The Morgan fingerprint density at radius 2 is 1.72 bits per heavy atom. The number of amides is 2. The monoisotopic (exact) mass is 456 g/mol. The Balaban J connectivity index is 1.29. The Bertz CT molecular complexity index is 1150. The molecular formula is C23H24N2O6S. The van der Waals surface area contributed by atoms with Crippen LogP contribution in [0.4, 0.5) is 0 Å². The third-order valence-corrected chi connectivity index (χ3v) is 7.04. The average Bonchev–Trinajstić information content (AvgIpc) is 3.54. The number of benzene rings is 2. The SMILES string of the molecule is Cc1ccc(S(=O)(=O)NC2CC2)cc1C(=O)OCCCCN1C(=O)c2ccccc2C1=O. The number of hydrogen-bond donors (Lipinski definition) is 1. The summed E-state index contributed by atoms with van der Waals surface area (Å²) in [5, 5.41) is 0. The normalized spacial score (nSPS) is 15.7. The van der Waals surface area contributed by atoms with Crippen molar-refractivity contribution in [1.82, 2.24) is 9.62 Å². The maximum absolute atomic E-state index is 12.5. The minimum Gasteiger partial charge on any atom is -0.462 e. The van der Waals surface area contributed by atoms with Gasteiger partial charge in [-0.2, -0.15) is 0 Å². The number of ether oxygens (including phenoxy) is 1. The molecule has 1 aliphatic carbocycles. The maximum Gasteiger partial charge on any atom is 0.338 e. The predicted molar refractivity (Wildman–Crippen MR) is 116 cm³/mol. The molecule has 0 atom stereocenters. The standard InChI is InChI=1S/C23H24N2O6S/c1-15-8-11-17(32(29,30)24-16-9-10-16)14-20(15)23(28)31-13-5-4-12-25-21(26)18-6-2-3-7-19(18)22(25)27/h2-3,6-8,11,14,16,24H,4-5,9-10,12-13H2,1H3. The van der Waals surface area contributed by atoms with Crippen LogP contribution in [-0.2, 0) is 14.8 Å². The number of nitrogens with one attached hydrogen (secondary N) is 1. The van der Waals surface area contributed by atoms with Gasteiger partial charge in [0.05, 0.1) is 28.2 Å². The van der Waals surface area contributed by atoms with Crippen LogP contribution in [0.15, 0.2) is 47.4 Å². The number of nitrogens with zero attached hydrogens (tertiary/aromatic N) is 1. The zero-order valence-corrected chi connectivity index (χ0v) is 18.5. The van der Waals surface area contributed by atoms with E-state index < -0.39 is 16.0 Å². The van der Waals surface area contributed by atoms with E-state index in [1.807, 2.05) is 0 Å². The molecule has 168 valence electrons. The molecule has 0 bridgehead atoms. The van der Waals surface area contributed by atoms with Crippen molar-refractivity contribution in [3.8, 4) is 0 Å². The molecule has 32 heavy (non-hydrogen) atoms. The van der Waals surface area contributed by atoms with Crippen molar-refractivity contribution in [3.05, 3.63) is 64.7 Å². The lowest BCUT2D eigenvalue weighted by Gasteiger charge is -2.14. The van der Waals surface area contributed by atoms with Gasteiger partial charge in [0, 0.05) is 12.6 Å². The number of aryl methyl sites for hydroxylation is 1. The highest BCUT2D eigenvalue weighted by atomic mass is 32.2. The van der Waals surface area contributed by atoms with Crippen molar-refractivity contribution >= 4 is 27.8 Å². The molecule has 1 saturated carbocycles. The van der Waals surface area contributed by atoms with Crippen molar-refractivity contribution < 1.29 is 27.5 Å². The molecule has 1 fully saturated rings. The van der Waals surface area contributed by atoms with E-state index in [1.54, 1.807) is 37.3 Å². The van der Waals surface area contributed by atoms with Crippen LogP contribution in [0.5, 0.6) is 0 Å². The quantitative estimate of drug-likeness (QED) is 0.353. The van der Waals surface area contributed by atoms with Crippen molar-refractivity contribution in [2.75, 3.05) is 13.2 Å². The predicted octanol–water partition coefficient (Wildman–Crippen LogP) is 2.67. The van der Waals surface area contributed by atoms with Crippen LogP contribution >= 0.6 is 0 Å². The summed E-state index contributed by atoms with van der Waals surface area (Å²) < 4.78 is 32.7. The van der Waals surface area contributed by atoms with Gasteiger partial charge in [-0.05, 0) is 62.4 Å². The topological polar surface area (TPSA) is 110 Å². The van der Waals surface area contributed by atoms with Gasteiger partial charge in [-0.1, -0.05) is 18.2 Å². The van der Waals surface area contributed by atoms with Gasteiger partial charge in [0.15, 0.2) is 0 Å². The largest absolute Gasteiger partial charge is 0.462 e. The molecule has 2 aromatic carbocycles. The summed E-state index contributed by atoms with van der Waals surface area (Å²) in [7, 11) is -3.67. The molecule has 0 radical (unpaired) electrons. The van der Waals surface area contributed by atoms with E-state index in [0.717, 1.165) is 12.8 Å². The molecule has 8 nitrogen and oxygen atoms in total. The highest BCUT2D eigenvalue weighted by Crippen LogP contribution is 2.24. The summed E-state index contributed by atoms with van der Waals surface area (Å²) in [5.41, 5.74) is 1.63. The minimum atomic E-state index is -3.67. The highest BCUT2D eigenvalue weighted by Gasteiger charge is 2.34. The zero-order chi connectivity index (χ0) is 22.9. The van der Waals surface area contributed by atoms with Crippen molar-refractivity contribution in [1.29, 1.82) is 0 Å². The van der Waals surface area contributed by atoms with Gasteiger partial charge in [-0.15, -0.1) is 0 Å². The van der Waals surface area contributed by atoms with Gasteiger partial charge >= 0.3 is 5.97 Å². The van der Waals surface area contributed by atoms with E-state index in [0.29, 0.717) is 29.5 Å². The first-order valence-corrected chi connectivity index (χ1v) is 12.0. The van der Waals surface area contributed by atoms with Gasteiger partial charge in [-0.3, -0.25) is 14.5 Å². The average molecular weight is 457 g/mol. The number of unbranched alkanes of at least 4 members (excludes halogenated alkanes) is 1. The van der Waals surface area contributed by atoms with Gasteiger partial charge < -0.3 is 4.74 Å². The number of esters is 1. The molecule has 0 unspecified atom stereocenters. The first-order valence-electron chi connectivity index (χ1n) is 10.5.